The second-order valence-electron chi connectivity index (χ2n) is 5.06. The molecule has 0 unspecified atom stereocenters. The first-order chi connectivity index (χ1) is 10.1. The molecule has 2 rings (SSSR count). The average Bonchev–Trinajstić information content (AvgIpc) is 3.02. The number of nitrogens with zero attached hydrogens (tertiary/aromatic N) is 3. The molecular weight excluding hydrogens is 268 g/mol. The molecule has 0 saturated carbocycles. The molecule has 21 heavy (non-hydrogen) atoms. The number of nitrogens with one attached hydrogen (secondary N) is 1. The fraction of sp³-hybridized carbons (Fsp3) is 0.533. The minimum Gasteiger partial charge on any atom is -0.361 e. The Labute approximate surface area is 124 Å². The first-order valence-electron chi connectivity index (χ1n) is 7.33. The monoisotopic (exact) mass is 290 g/mol. The summed E-state index contributed by atoms with van der Waals surface area (Å²) in [7, 11) is 0. The molecule has 0 atom stereocenters. The molecule has 0 radical (unpaired) electrons. The van der Waals surface area contributed by atoms with Crippen molar-refractivity contribution in [3.8, 4) is 0 Å². The van der Waals surface area contributed by atoms with E-state index in [-0.39, 0.29) is 5.91 Å². The Morgan fingerprint density at radius 1 is 1.38 bits per heavy atom. The van der Waals surface area contributed by atoms with Crippen LogP contribution in [0.1, 0.15) is 53.3 Å². The van der Waals surface area contributed by atoms with Crippen LogP contribution >= 0.6 is 0 Å². The van der Waals surface area contributed by atoms with E-state index in [1.165, 1.54) is 6.20 Å². The van der Waals surface area contributed by atoms with Crippen LogP contribution in [0.25, 0.3) is 0 Å². The summed E-state index contributed by atoms with van der Waals surface area (Å²) in [5, 5.41) is 11.1. The Kier molecular flexibility index (Phi) is 4.77. The Hall–Kier alpha value is -2.11. The Morgan fingerprint density at radius 2 is 2.14 bits per heavy atom. The molecule has 6 nitrogen and oxygen atoms in total. The van der Waals surface area contributed by atoms with Crippen molar-refractivity contribution < 1.29 is 9.32 Å². The zero-order valence-electron chi connectivity index (χ0n) is 13.1. The van der Waals surface area contributed by atoms with Gasteiger partial charge in [0, 0.05) is 30.8 Å². The van der Waals surface area contributed by atoms with Crippen LogP contribution in [0.4, 0.5) is 0 Å². The fourth-order valence-corrected chi connectivity index (χ4v) is 2.42. The highest BCUT2D eigenvalue weighted by Crippen LogP contribution is 2.14. The smallest absolute Gasteiger partial charge is 0.256 e. The van der Waals surface area contributed by atoms with Crippen LogP contribution in [0.2, 0.25) is 0 Å². The largest absolute Gasteiger partial charge is 0.361 e. The number of carbonyl (C=O) groups is 1. The third kappa shape index (κ3) is 3.15. The summed E-state index contributed by atoms with van der Waals surface area (Å²) in [6.45, 7) is 9.36. The molecule has 0 bridgehead atoms. The van der Waals surface area contributed by atoms with Crippen molar-refractivity contribution in [3.63, 3.8) is 0 Å². The number of amides is 1. The standard InChI is InChI=1S/C15H22N4O2/c1-5-7-14-13(9-17-21-14)15(20)16-8-12-10(3)18-19(6-2)11(12)4/h9H,5-8H2,1-4H3,(H,16,20). The molecule has 0 fully saturated rings. The number of aryl methyl sites for hydroxylation is 3. The number of aromatic nitrogens is 3. The maximum absolute atomic E-state index is 12.2. The highest BCUT2D eigenvalue weighted by molar-refractivity contribution is 5.94. The topological polar surface area (TPSA) is 73.0 Å². The molecule has 114 valence electrons. The van der Waals surface area contributed by atoms with Crippen LogP contribution in [0.15, 0.2) is 10.7 Å². The summed E-state index contributed by atoms with van der Waals surface area (Å²) >= 11 is 0. The fourth-order valence-electron chi connectivity index (χ4n) is 2.42. The van der Waals surface area contributed by atoms with Gasteiger partial charge < -0.3 is 9.84 Å². The van der Waals surface area contributed by atoms with Crippen LogP contribution in [0.5, 0.6) is 0 Å². The lowest BCUT2D eigenvalue weighted by Gasteiger charge is -2.06. The van der Waals surface area contributed by atoms with E-state index in [9.17, 15) is 4.79 Å². The summed E-state index contributed by atoms with van der Waals surface area (Å²) in [5.41, 5.74) is 3.64. The third-order valence-electron chi connectivity index (χ3n) is 3.62. The molecule has 0 saturated heterocycles. The number of hydrogen-bond donors (Lipinski definition) is 1. The summed E-state index contributed by atoms with van der Waals surface area (Å²) in [4.78, 5) is 12.2. The van der Waals surface area contributed by atoms with Gasteiger partial charge in [-0.05, 0) is 27.2 Å². The van der Waals surface area contributed by atoms with E-state index >= 15 is 0 Å². The van der Waals surface area contributed by atoms with Gasteiger partial charge in [-0.15, -0.1) is 0 Å². The molecule has 2 heterocycles. The van der Waals surface area contributed by atoms with E-state index in [1.54, 1.807) is 0 Å². The van der Waals surface area contributed by atoms with Gasteiger partial charge in [-0.25, -0.2) is 0 Å². The zero-order valence-corrected chi connectivity index (χ0v) is 13.1. The molecule has 0 aliphatic carbocycles. The van der Waals surface area contributed by atoms with Crippen molar-refractivity contribution >= 4 is 5.91 Å². The molecule has 0 spiro atoms. The molecule has 2 aromatic rings. The lowest BCUT2D eigenvalue weighted by molar-refractivity contribution is 0.0949. The number of carbonyl (C=O) groups excluding carboxylic acids is 1. The minimum atomic E-state index is -0.150. The van der Waals surface area contributed by atoms with E-state index in [0.29, 0.717) is 24.3 Å². The van der Waals surface area contributed by atoms with Crippen molar-refractivity contribution in [2.75, 3.05) is 0 Å². The maximum Gasteiger partial charge on any atom is 0.256 e. The highest BCUT2D eigenvalue weighted by atomic mass is 16.5. The van der Waals surface area contributed by atoms with Crippen LogP contribution in [-0.2, 0) is 19.5 Å². The number of hydrogen-bond acceptors (Lipinski definition) is 4. The van der Waals surface area contributed by atoms with Gasteiger partial charge in [0.25, 0.3) is 5.91 Å². The van der Waals surface area contributed by atoms with Gasteiger partial charge in [0.15, 0.2) is 0 Å². The Balaban J connectivity index is 2.07. The van der Waals surface area contributed by atoms with Crippen molar-refractivity contribution in [2.24, 2.45) is 0 Å². The van der Waals surface area contributed by atoms with Crippen LogP contribution in [-0.4, -0.2) is 20.8 Å². The molecule has 0 aromatic carbocycles. The molecule has 1 amide bonds. The van der Waals surface area contributed by atoms with E-state index in [0.717, 1.165) is 29.9 Å². The van der Waals surface area contributed by atoms with E-state index < -0.39 is 0 Å². The number of rotatable bonds is 6. The molecule has 2 aromatic heterocycles. The maximum atomic E-state index is 12.2. The summed E-state index contributed by atoms with van der Waals surface area (Å²) < 4.78 is 7.06. The predicted octanol–water partition coefficient (Wildman–Crippen LogP) is 2.39. The van der Waals surface area contributed by atoms with E-state index in [1.807, 2.05) is 25.5 Å². The Bertz CT molecular complexity index is 628. The van der Waals surface area contributed by atoms with Crippen molar-refractivity contribution in [1.82, 2.24) is 20.3 Å². The van der Waals surface area contributed by atoms with Crippen LogP contribution in [0, 0.1) is 13.8 Å². The van der Waals surface area contributed by atoms with Crippen molar-refractivity contribution in [1.29, 1.82) is 0 Å². The molecule has 6 heteroatoms. The molecule has 0 aliphatic heterocycles. The lowest BCUT2D eigenvalue weighted by atomic mass is 10.1. The SMILES string of the molecule is CCCc1oncc1C(=O)NCc1c(C)nn(CC)c1C. The van der Waals surface area contributed by atoms with Crippen molar-refractivity contribution in [2.45, 2.75) is 53.6 Å². The van der Waals surface area contributed by atoms with Gasteiger partial charge in [0.1, 0.15) is 11.3 Å². The predicted molar refractivity (Wildman–Crippen MR) is 79.0 cm³/mol. The van der Waals surface area contributed by atoms with Gasteiger partial charge in [0.05, 0.1) is 11.9 Å². The first-order valence-corrected chi connectivity index (χ1v) is 7.33. The van der Waals surface area contributed by atoms with Gasteiger partial charge >= 0.3 is 0 Å². The van der Waals surface area contributed by atoms with Crippen molar-refractivity contribution in [3.05, 3.63) is 34.5 Å². The van der Waals surface area contributed by atoms with Gasteiger partial charge in [0.2, 0.25) is 0 Å². The summed E-state index contributed by atoms with van der Waals surface area (Å²) in [6, 6.07) is 0. The first kappa shape index (κ1) is 15.3. The lowest BCUT2D eigenvalue weighted by Crippen LogP contribution is -2.24. The molecular formula is C15H22N4O2. The molecule has 0 aliphatic rings. The minimum absolute atomic E-state index is 0.150. The normalized spacial score (nSPS) is 10.9. The third-order valence-corrected chi connectivity index (χ3v) is 3.62. The molecule has 1 N–H and O–H groups in total. The van der Waals surface area contributed by atoms with Gasteiger partial charge in [-0.3, -0.25) is 9.48 Å². The van der Waals surface area contributed by atoms with Crippen LogP contribution < -0.4 is 5.32 Å². The Morgan fingerprint density at radius 3 is 2.76 bits per heavy atom. The quantitative estimate of drug-likeness (QED) is 0.886. The average molecular weight is 290 g/mol. The zero-order chi connectivity index (χ0) is 15.4. The second-order valence-corrected chi connectivity index (χ2v) is 5.06. The van der Waals surface area contributed by atoms with Gasteiger partial charge in [-0.1, -0.05) is 12.1 Å². The van der Waals surface area contributed by atoms with Gasteiger partial charge in [-0.2, -0.15) is 5.10 Å². The van der Waals surface area contributed by atoms with E-state index in [4.69, 9.17) is 4.52 Å². The summed E-state index contributed by atoms with van der Waals surface area (Å²) in [5.74, 6) is 0.496. The second kappa shape index (κ2) is 6.56. The summed E-state index contributed by atoms with van der Waals surface area (Å²) in [6.07, 6.45) is 3.11. The highest BCUT2D eigenvalue weighted by Gasteiger charge is 2.17. The van der Waals surface area contributed by atoms with E-state index in [2.05, 4.69) is 22.5 Å². The van der Waals surface area contributed by atoms with Crippen LogP contribution in [0.3, 0.4) is 0 Å².